The fraction of sp³-hybridized carbons (Fsp3) is 0.200. The van der Waals surface area contributed by atoms with Crippen molar-refractivity contribution < 1.29 is 9.90 Å². The van der Waals surface area contributed by atoms with Crippen molar-refractivity contribution in [3.8, 4) is 0 Å². The van der Waals surface area contributed by atoms with Gasteiger partial charge in [0.25, 0.3) is 0 Å². The Bertz CT molecular complexity index is 937. The van der Waals surface area contributed by atoms with Crippen molar-refractivity contribution in [3.05, 3.63) is 71.3 Å². The van der Waals surface area contributed by atoms with Gasteiger partial charge in [0.1, 0.15) is 0 Å². The van der Waals surface area contributed by atoms with Crippen LogP contribution in [0.1, 0.15) is 19.5 Å². The number of thioether (sulfide) groups is 1. The molecule has 26 heavy (non-hydrogen) atoms. The van der Waals surface area contributed by atoms with Crippen molar-refractivity contribution in [3.63, 3.8) is 0 Å². The van der Waals surface area contributed by atoms with Gasteiger partial charge in [-0.1, -0.05) is 18.2 Å². The molecule has 0 saturated heterocycles. The van der Waals surface area contributed by atoms with Crippen LogP contribution in [0.15, 0.2) is 70.5 Å². The molecule has 5 nitrogen and oxygen atoms in total. The number of carboxylic acid groups (broad SMARTS) is 1. The predicted octanol–water partition coefficient (Wildman–Crippen LogP) is 3.71. The minimum absolute atomic E-state index is 0.369. The number of pyridine rings is 1. The normalized spacial score (nSPS) is 19.5. The van der Waals surface area contributed by atoms with Crippen molar-refractivity contribution >= 4 is 29.0 Å². The van der Waals surface area contributed by atoms with E-state index in [2.05, 4.69) is 27.3 Å². The van der Waals surface area contributed by atoms with Gasteiger partial charge in [0.05, 0.1) is 28.9 Å². The first-order chi connectivity index (χ1) is 12.6. The molecule has 0 amide bonds. The predicted molar refractivity (Wildman–Crippen MR) is 104 cm³/mol. The lowest BCUT2D eigenvalue weighted by molar-refractivity contribution is -0.132. The van der Waals surface area contributed by atoms with E-state index in [1.54, 1.807) is 18.0 Å². The number of nitrogens with zero attached hydrogens (tertiary/aromatic N) is 2. The zero-order valence-corrected chi connectivity index (χ0v) is 15.4. The summed E-state index contributed by atoms with van der Waals surface area (Å²) in [5.41, 5.74) is 4.75. The zero-order valence-electron chi connectivity index (χ0n) is 14.6. The van der Waals surface area contributed by atoms with Crippen LogP contribution in [0, 0.1) is 0 Å². The number of dihydropyridines is 1. The van der Waals surface area contributed by atoms with Gasteiger partial charge in [-0.05, 0) is 38.1 Å². The quantitative estimate of drug-likeness (QED) is 0.864. The number of fused-ring (bicyclic) bond motifs is 1. The molecule has 2 aliphatic rings. The summed E-state index contributed by atoms with van der Waals surface area (Å²) in [4.78, 5) is 20.0. The van der Waals surface area contributed by atoms with Crippen LogP contribution in [0.2, 0.25) is 0 Å². The number of nitrogens with one attached hydrogen (secondary N) is 1. The van der Waals surface area contributed by atoms with Crippen molar-refractivity contribution in [2.75, 3.05) is 10.8 Å². The molecule has 0 bridgehead atoms. The Hall–Kier alpha value is -2.73. The zero-order chi connectivity index (χ0) is 18.3. The number of aliphatic carboxylic acids is 1. The lowest BCUT2D eigenvalue weighted by Gasteiger charge is -2.37. The van der Waals surface area contributed by atoms with Gasteiger partial charge in [0.15, 0.2) is 0 Å². The Morgan fingerprint density at radius 1 is 1.19 bits per heavy atom. The molecule has 0 aliphatic carbocycles. The van der Waals surface area contributed by atoms with Gasteiger partial charge in [-0.3, -0.25) is 4.98 Å². The van der Waals surface area contributed by atoms with Crippen molar-refractivity contribution in [1.29, 1.82) is 0 Å². The third-order valence-electron chi connectivity index (χ3n) is 4.75. The summed E-state index contributed by atoms with van der Waals surface area (Å²) in [7, 11) is 0. The molecule has 0 saturated carbocycles. The van der Waals surface area contributed by atoms with E-state index < -0.39 is 5.97 Å². The number of hydrogen-bond acceptors (Lipinski definition) is 5. The molecule has 1 aromatic heterocycles. The molecule has 0 spiro atoms. The van der Waals surface area contributed by atoms with Crippen LogP contribution in [0.25, 0.3) is 5.57 Å². The first-order valence-corrected chi connectivity index (χ1v) is 9.38. The molecule has 2 aliphatic heterocycles. The first-order valence-electron chi connectivity index (χ1n) is 8.39. The van der Waals surface area contributed by atoms with E-state index in [1.807, 2.05) is 44.2 Å². The minimum atomic E-state index is -0.907. The van der Waals surface area contributed by atoms with Crippen LogP contribution >= 0.6 is 11.8 Å². The number of carbonyl (C=O) groups is 1. The minimum Gasteiger partial charge on any atom is -0.478 e. The number of carboxylic acids is 1. The number of para-hydroxylation sites is 1. The van der Waals surface area contributed by atoms with Gasteiger partial charge >= 0.3 is 5.97 Å². The Labute approximate surface area is 156 Å². The molecule has 3 heterocycles. The second kappa shape index (κ2) is 6.53. The molecule has 1 unspecified atom stereocenters. The average molecular weight is 365 g/mol. The number of benzene rings is 1. The van der Waals surface area contributed by atoms with Crippen molar-refractivity contribution in [1.82, 2.24) is 10.3 Å². The Kier molecular flexibility index (Phi) is 4.20. The van der Waals surface area contributed by atoms with Crippen LogP contribution in [0.4, 0.5) is 5.69 Å². The molecule has 1 atom stereocenters. The van der Waals surface area contributed by atoms with E-state index in [0.717, 1.165) is 22.7 Å². The number of rotatable bonds is 3. The third kappa shape index (κ3) is 2.66. The molecule has 6 heteroatoms. The van der Waals surface area contributed by atoms with Gasteiger partial charge < -0.3 is 15.3 Å². The summed E-state index contributed by atoms with van der Waals surface area (Å²) < 4.78 is 0. The number of anilines is 1. The van der Waals surface area contributed by atoms with Crippen molar-refractivity contribution in [2.45, 2.75) is 24.8 Å². The fourth-order valence-corrected chi connectivity index (χ4v) is 4.73. The SMILES string of the molecule is CC1=C(C(=O)O)C(N2CSc3ccccc32)C(c2ccccn2)=C(C)N1. The van der Waals surface area contributed by atoms with E-state index in [-0.39, 0.29) is 6.04 Å². The topological polar surface area (TPSA) is 65.5 Å². The van der Waals surface area contributed by atoms with Crippen LogP contribution < -0.4 is 10.2 Å². The number of hydrogen-bond donors (Lipinski definition) is 2. The highest BCUT2D eigenvalue weighted by Crippen LogP contribution is 2.44. The Balaban J connectivity index is 1.91. The highest BCUT2D eigenvalue weighted by atomic mass is 32.2. The Morgan fingerprint density at radius 3 is 2.69 bits per heavy atom. The van der Waals surface area contributed by atoms with Crippen LogP contribution in [-0.2, 0) is 4.79 Å². The molecule has 2 N–H and O–H groups in total. The summed E-state index contributed by atoms with van der Waals surface area (Å²) in [6, 6.07) is 13.5. The van der Waals surface area contributed by atoms with Gasteiger partial charge in [-0.15, -0.1) is 11.8 Å². The largest absolute Gasteiger partial charge is 0.478 e. The fourth-order valence-electron chi connectivity index (χ4n) is 3.65. The molecule has 2 aromatic rings. The van der Waals surface area contributed by atoms with E-state index in [1.165, 1.54) is 4.90 Å². The van der Waals surface area contributed by atoms with E-state index in [9.17, 15) is 9.90 Å². The van der Waals surface area contributed by atoms with Crippen LogP contribution in [0.3, 0.4) is 0 Å². The summed E-state index contributed by atoms with van der Waals surface area (Å²) >= 11 is 1.73. The highest BCUT2D eigenvalue weighted by Gasteiger charge is 2.39. The van der Waals surface area contributed by atoms with Gasteiger partial charge in [-0.25, -0.2) is 4.79 Å². The van der Waals surface area contributed by atoms with E-state index in [4.69, 9.17) is 0 Å². The summed E-state index contributed by atoms with van der Waals surface area (Å²) in [5.74, 6) is -0.201. The maximum absolute atomic E-state index is 12.2. The standard InChI is InChI=1S/C20H19N3O2S/c1-12-17(14-7-5-6-10-21-14)19(18(20(24)25)13(2)22-12)23-11-26-16-9-4-3-8-15(16)23/h3-10,19,22H,11H2,1-2H3,(H,24,25). The smallest absolute Gasteiger partial charge is 0.335 e. The van der Waals surface area contributed by atoms with Crippen molar-refractivity contribution in [2.24, 2.45) is 0 Å². The monoisotopic (exact) mass is 365 g/mol. The number of allylic oxidation sites excluding steroid dienone is 2. The van der Waals surface area contributed by atoms with Crippen LogP contribution in [0.5, 0.6) is 0 Å². The lowest BCUT2D eigenvalue weighted by atomic mass is 9.88. The second-order valence-corrected chi connectivity index (χ2v) is 7.32. The average Bonchev–Trinajstić information content (AvgIpc) is 3.05. The lowest BCUT2D eigenvalue weighted by Crippen LogP contribution is -2.43. The Morgan fingerprint density at radius 2 is 1.96 bits per heavy atom. The van der Waals surface area contributed by atoms with Crippen LogP contribution in [-0.4, -0.2) is 28.0 Å². The van der Waals surface area contributed by atoms with Gasteiger partial charge in [-0.2, -0.15) is 0 Å². The molecular weight excluding hydrogens is 346 g/mol. The molecular formula is C20H19N3O2S. The maximum Gasteiger partial charge on any atom is 0.335 e. The van der Waals surface area contributed by atoms with Gasteiger partial charge in [0, 0.05) is 28.1 Å². The maximum atomic E-state index is 12.2. The molecule has 132 valence electrons. The van der Waals surface area contributed by atoms with Gasteiger partial charge in [0.2, 0.25) is 0 Å². The van der Waals surface area contributed by atoms with E-state index >= 15 is 0 Å². The second-order valence-electron chi connectivity index (χ2n) is 6.34. The third-order valence-corrected chi connectivity index (χ3v) is 5.81. The molecule has 0 radical (unpaired) electrons. The molecule has 4 rings (SSSR count). The summed E-state index contributed by atoms with van der Waals surface area (Å²) in [5, 5.41) is 13.2. The molecule has 0 fully saturated rings. The summed E-state index contributed by atoms with van der Waals surface area (Å²) in [6.07, 6.45) is 1.74. The van der Waals surface area contributed by atoms with E-state index in [0.29, 0.717) is 17.1 Å². The first kappa shape index (κ1) is 16.7. The number of aromatic nitrogens is 1. The highest BCUT2D eigenvalue weighted by molar-refractivity contribution is 7.99. The molecule has 1 aromatic carbocycles. The summed E-state index contributed by atoms with van der Waals surface area (Å²) in [6.45, 7) is 3.80.